The number of nitrogens with one attached hydrogen (secondary N) is 1. The Morgan fingerprint density at radius 3 is 2.48 bits per heavy atom. The summed E-state index contributed by atoms with van der Waals surface area (Å²) in [4.78, 5) is 16.9. The van der Waals surface area contributed by atoms with E-state index in [4.69, 9.17) is 21.1 Å². The van der Waals surface area contributed by atoms with E-state index in [1.54, 1.807) is 55.3 Å². The average molecular weight is 409 g/mol. The molecule has 29 heavy (non-hydrogen) atoms. The van der Waals surface area contributed by atoms with Crippen LogP contribution in [0, 0.1) is 0 Å². The van der Waals surface area contributed by atoms with E-state index in [2.05, 4.69) is 15.4 Å². The molecule has 7 nitrogen and oxygen atoms in total. The molecule has 0 atom stereocenters. The Bertz CT molecular complexity index is 1190. The second-order valence-corrected chi connectivity index (χ2v) is 6.60. The predicted octanol–water partition coefficient (Wildman–Crippen LogP) is 4.32. The maximum absolute atomic E-state index is 12.6. The molecule has 0 aliphatic carbocycles. The number of aromatic nitrogens is 3. The van der Waals surface area contributed by atoms with Crippen molar-refractivity contribution in [2.24, 2.45) is 0 Å². The predicted molar refractivity (Wildman–Crippen MR) is 111 cm³/mol. The molecule has 0 radical (unpaired) electrons. The summed E-state index contributed by atoms with van der Waals surface area (Å²) in [6.07, 6.45) is 1.67. The molecular weight excluding hydrogens is 392 g/mol. The number of amides is 1. The minimum atomic E-state index is -0.337. The molecule has 4 rings (SSSR count). The van der Waals surface area contributed by atoms with Crippen molar-refractivity contribution in [1.82, 2.24) is 14.6 Å². The van der Waals surface area contributed by atoms with Crippen LogP contribution >= 0.6 is 11.6 Å². The monoisotopic (exact) mass is 408 g/mol. The van der Waals surface area contributed by atoms with Gasteiger partial charge in [-0.2, -0.15) is 5.10 Å². The molecule has 0 saturated heterocycles. The highest BCUT2D eigenvalue weighted by Crippen LogP contribution is 2.32. The fraction of sp³-hybridized carbons (Fsp3) is 0.0952. The highest BCUT2D eigenvalue weighted by Gasteiger charge is 2.15. The zero-order valence-electron chi connectivity index (χ0n) is 15.7. The number of benzene rings is 2. The maximum atomic E-state index is 12.6. The molecule has 0 saturated carbocycles. The third-order valence-electron chi connectivity index (χ3n) is 4.37. The molecule has 0 aliphatic rings. The van der Waals surface area contributed by atoms with Gasteiger partial charge in [0.05, 0.1) is 19.9 Å². The highest BCUT2D eigenvalue weighted by molar-refractivity contribution is 6.30. The summed E-state index contributed by atoms with van der Waals surface area (Å²) >= 11 is 5.88. The molecule has 2 aromatic carbocycles. The summed E-state index contributed by atoms with van der Waals surface area (Å²) in [6.45, 7) is 0. The van der Waals surface area contributed by atoms with Crippen LogP contribution in [0.4, 0.5) is 5.69 Å². The van der Waals surface area contributed by atoms with Crippen LogP contribution in [0.15, 0.2) is 60.8 Å². The van der Waals surface area contributed by atoms with Gasteiger partial charge in [0.15, 0.2) is 22.8 Å². The van der Waals surface area contributed by atoms with Crippen LogP contribution in [-0.2, 0) is 0 Å². The standard InChI is InChI=1S/C21H17ClN4O3/c1-28-18-8-3-13(11-19(18)29-2)17-9-10-23-20-12-16(25-26(17)20)21(27)24-15-6-4-14(22)5-7-15/h3-12H,1-2H3,(H,24,27). The van der Waals surface area contributed by atoms with Crippen LogP contribution in [-0.4, -0.2) is 34.7 Å². The molecule has 2 heterocycles. The van der Waals surface area contributed by atoms with E-state index in [9.17, 15) is 4.79 Å². The van der Waals surface area contributed by atoms with Gasteiger partial charge < -0.3 is 14.8 Å². The van der Waals surface area contributed by atoms with Gasteiger partial charge in [-0.1, -0.05) is 11.6 Å². The molecule has 8 heteroatoms. The van der Waals surface area contributed by atoms with E-state index in [1.165, 1.54) is 0 Å². The third-order valence-corrected chi connectivity index (χ3v) is 4.62. The third kappa shape index (κ3) is 3.72. The van der Waals surface area contributed by atoms with Crippen molar-refractivity contribution in [2.75, 3.05) is 19.5 Å². The van der Waals surface area contributed by atoms with Gasteiger partial charge in [-0.3, -0.25) is 4.79 Å². The summed E-state index contributed by atoms with van der Waals surface area (Å²) in [5.41, 5.74) is 3.05. The molecule has 0 aliphatic heterocycles. The number of carbonyl (C=O) groups is 1. The molecule has 2 aromatic heterocycles. The van der Waals surface area contributed by atoms with Crippen LogP contribution in [0.2, 0.25) is 5.02 Å². The Morgan fingerprint density at radius 2 is 1.76 bits per heavy atom. The first-order valence-electron chi connectivity index (χ1n) is 8.73. The van der Waals surface area contributed by atoms with Crippen LogP contribution in [0.25, 0.3) is 16.9 Å². The molecule has 1 amide bonds. The Kier molecular flexibility index (Phi) is 5.05. The molecule has 146 valence electrons. The molecule has 0 unspecified atom stereocenters. The van der Waals surface area contributed by atoms with Crippen LogP contribution in [0.5, 0.6) is 11.5 Å². The summed E-state index contributed by atoms with van der Waals surface area (Å²) in [7, 11) is 3.16. The van der Waals surface area contributed by atoms with Gasteiger partial charge in [-0.25, -0.2) is 9.50 Å². The average Bonchev–Trinajstić information content (AvgIpc) is 3.19. The Labute approximate surface area is 171 Å². The lowest BCUT2D eigenvalue weighted by Crippen LogP contribution is -2.12. The zero-order chi connectivity index (χ0) is 20.4. The number of nitrogens with zero attached hydrogens (tertiary/aromatic N) is 3. The number of rotatable bonds is 5. The molecule has 4 aromatic rings. The van der Waals surface area contributed by atoms with Crippen molar-refractivity contribution in [3.63, 3.8) is 0 Å². The smallest absolute Gasteiger partial charge is 0.276 e. The highest BCUT2D eigenvalue weighted by atomic mass is 35.5. The van der Waals surface area contributed by atoms with E-state index in [0.29, 0.717) is 27.9 Å². The number of methoxy groups -OCH3 is 2. The van der Waals surface area contributed by atoms with Gasteiger partial charge in [0.1, 0.15) is 0 Å². The first kappa shape index (κ1) is 18.8. The largest absolute Gasteiger partial charge is 0.493 e. The Hall–Kier alpha value is -3.58. The van der Waals surface area contributed by atoms with E-state index >= 15 is 0 Å². The van der Waals surface area contributed by atoms with E-state index in [1.807, 2.05) is 24.3 Å². The number of hydrogen-bond donors (Lipinski definition) is 1. The number of ether oxygens (including phenoxy) is 2. The van der Waals surface area contributed by atoms with E-state index in [0.717, 1.165) is 11.3 Å². The lowest BCUT2D eigenvalue weighted by Gasteiger charge is -2.10. The lowest BCUT2D eigenvalue weighted by molar-refractivity contribution is 0.102. The molecule has 1 N–H and O–H groups in total. The second-order valence-electron chi connectivity index (χ2n) is 6.16. The van der Waals surface area contributed by atoms with Gasteiger partial charge in [0.25, 0.3) is 5.91 Å². The quantitative estimate of drug-likeness (QED) is 0.532. The normalized spacial score (nSPS) is 10.7. The van der Waals surface area contributed by atoms with Gasteiger partial charge in [-0.05, 0) is 48.5 Å². The maximum Gasteiger partial charge on any atom is 0.276 e. The molecule has 0 bridgehead atoms. The molecule has 0 spiro atoms. The lowest BCUT2D eigenvalue weighted by atomic mass is 10.1. The summed E-state index contributed by atoms with van der Waals surface area (Å²) in [6, 6.07) is 15.9. The van der Waals surface area contributed by atoms with Crippen LogP contribution in [0.3, 0.4) is 0 Å². The van der Waals surface area contributed by atoms with Crippen molar-refractivity contribution in [3.8, 4) is 22.8 Å². The van der Waals surface area contributed by atoms with Crippen molar-refractivity contribution < 1.29 is 14.3 Å². The van der Waals surface area contributed by atoms with Crippen molar-refractivity contribution in [3.05, 3.63) is 71.5 Å². The number of halogens is 1. The summed E-state index contributed by atoms with van der Waals surface area (Å²) in [5, 5.41) is 7.84. The number of fused-ring (bicyclic) bond motifs is 1. The SMILES string of the molecule is COc1ccc(-c2ccnc3cc(C(=O)Nc4ccc(Cl)cc4)nn23)cc1OC. The van der Waals surface area contributed by atoms with E-state index < -0.39 is 0 Å². The molecular formula is C21H17ClN4O3. The van der Waals surface area contributed by atoms with E-state index in [-0.39, 0.29) is 11.6 Å². The summed E-state index contributed by atoms with van der Waals surface area (Å²) in [5.74, 6) is 0.893. The minimum Gasteiger partial charge on any atom is -0.493 e. The van der Waals surface area contributed by atoms with Crippen molar-refractivity contribution in [1.29, 1.82) is 0 Å². The van der Waals surface area contributed by atoms with Gasteiger partial charge in [-0.15, -0.1) is 0 Å². The number of anilines is 1. The first-order chi connectivity index (χ1) is 14.1. The fourth-order valence-corrected chi connectivity index (χ4v) is 3.07. The van der Waals surface area contributed by atoms with Gasteiger partial charge >= 0.3 is 0 Å². The van der Waals surface area contributed by atoms with Crippen molar-refractivity contribution in [2.45, 2.75) is 0 Å². The fourth-order valence-electron chi connectivity index (χ4n) is 2.95. The van der Waals surface area contributed by atoms with Gasteiger partial charge in [0, 0.05) is 28.5 Å². The van der Waals surface area contributed by atoms with Gasteiger partial charge in [0.2, 0.25) is 0 Å². The number of carbonyl (C=O) groups excluding carboxylic acids is 1. The topological polar surface area (TPSA) is 77.8 Å². The van der Waals surface area contributed by atoms with Crippen molar-refractivity contribution >= 4 is 28.8 Å². The second kappa shape index (κ2) is 7.81. The molecule has 0 fully saturated rings. The zero-order valence-corrected chi connectivity index (χ0v) is 16.5. The van der Waals surface area contributed by atoms with Crippen LogP contribution < -0.4 is 14.8 Å². The Balaban J connectivity index is 1.70. The first-order valence-corrected chi connectivity index (χ1v) is 9.11. The number of hydrogen-bond acceptors (Lipinski definition) is 5. The van der Waals surface area contributed by atoms with Crippen LogP contribution in [0.1, 0.15) is 10.5 Å². The minimum absolute atomic E-state index is 0.250. The Morgan fingerprint density at radius 1 is 1.00 bits per heavy atom. The summed E-state index contributed by atoms with van der Waals surface area (Å²) < 4.78 is 12.3.